The highest BCUT2D eigenvalue weighted by atomic mass is 16.5. The Hall–Kier alpha value is -2.97. The monoisotopic (exact) mass is 481 g/mol. The van der Waals surface area contributed by atoms with E-state index in [4.69, 9.17) is 14.5 Å². The third-order valence-corrected chi connectivity index (χ3v) is 6.89. The summed E-state index contributed by atoms with van der Waals surface area (Å²) in [5.74, 6) is -0.0895. The number of hydrogen-bond acceptors (Lipinski definition) is 6. The van der Waals surface area contributed by atoms with Crippen LogP contribution in [0.5, 0.6) is 0 Å². The number of benzene rings is 1. The summed E-state index contributed by atoms with van der Waals surface area (Å²) in [5, 5.41) is 10.2. The molecule has 8 nitrogen and oxygen atoms in total. The van der Waals surface area contributed by atoms with Gasteiger partial charge >= 0.3 is 5.97 Å². The van der Waals surface area contributed by atoms with Crippen LogP contribution in [0, 0.1) is 12.8 Å². The predicted octanol–water partition coefficient (Wildman–Crippen LogP) is 3.76. The third kappa shape index (κ3) is 5.82. The number of H-pyrrole nitrogens is 1. The zero-order valence-electron chi connectivity index (χ0n) is 20.8. The standard InChI is InChI=1S/C27H35N3O5/c1-17-14-20(16-28-26(17)32)25-29-23-15-19(9-11-24(23)30(25)12-13-34-3)8-10-22(18(2)31)27(33)35-21-6-4-5-7-21/h9,11,14-16,18,21-22,31H,4-8,10,12-13H2,1-3H3,(H,28,32)/t18-,22?/m1/s1. The smallest absolute Gasteiger partial charge is 0.311 e. The second-order valence-electron chi connectivity index (χ2n) is 9.53. The molecule has 188 valence electrons. The zero-order valence-corrected chi connectivity index (χ0v) is 20.8. The summed E-state index contributed by atoms with van der Waals surface area (Å²) in [5.41, 5.74) is 4.19. The maximum absolute atomic E-state index is 12.7. The summed E-state index contributed by atoms with van der Waals surface area (Å²) in [6, 6.07) is 7.94. The number of ether oxygens (including phenoxy) is 2. The normalized spacial score (nSPS) is 16.0. The fourth-order valence-electron chi connectivity index (χ4n) is 4.82. The van der Waals surface area contributed by atoms with E-state index >= 15 is 0 Å². The SMILES string of the molecule is COCCn1c(-c2c[nH]c(=O)c(C)c2)nc2cc(CCC(C(=O)OC3CCCC3)[C@@H](C)O)ccc21. The summed E-state index contributed by atoms with van der Waals surface area (Å²) >= 11 is 0. The number of methoxy groups -OCH3 is 1. The molecule has 1 saturated carbocycles. The summed E-state index contributed by atoms with van der Waals surface area (Å²) in [6.45, 7) is 4.58. The molecule has 0 bridgehead atoms. The number of imidazole rings is 1. The summed E-state index contributed by atoms with van der Waals surface area (Å²) in [6.07, 6.45) is 6.06. The van der Waals surface area contributed by atoms with E-state index in [-0.39, 0.29) is 17.6 Å². The van der Waals surface area contributed by atoms with E-state index in [1.807, 2.05) is 24.3 Å². The molecule has 0 saturated heterocycles. The van der Waals surface area contributed by atoms with Gasteiger partial charge in [0.2, 0.25) is 0 Å². The van der Waals surface area contributed by atoms with Gasteiger partial charge in [-0.1, -0.05) is 6.07 Å². The Labute approximate surface area is 205 Å². The van der Waals surface area contributed by atoms with Crippen LogP contribution in [0.15, 0.2) is 35.3 Å². The second kappa shape index (κ2) is 11.2. The summed E-state index contributed by atoms with van der Waals surface area (Å²) in [7, 11) is 1.66. The molecule has 3 aromatic rings. The molecule has 35 heavy (non-hydrogen) atoms. The van der Waals surface area contributed by atoms with E-state index in [9.17, 15) is 14.7 Å². The highest BCUT2D eigenvalue weighted by Crippen LogP contribution is 2.27. The molecule has 2 atom stereocenters. The van der Waals surface area contributed by atoms with Crippen LogP contribution in [0.1, 0.15) is 50.2 Å². The van der Waals surface area contributed by atoms with Gasteiger partial charge in [-0.3, -0.25) is 9.59 Å². The number of carbonyl (C=O) groups is 1. The predicted molar refractivity (Wildman–Crippen MR) is 134 cm³/mol. The molecule has 1 fully saturated rings. The van der Waals surface area contributed by atoms with Gasteiger partial charge in [0, 0.05) is 31.0 Å². The van der Waals surface area contributed by atoms with Crippen LogP contribution in [0.4, 0.5) is 0 Å². The number of pyridine rings is 1. The van der Waals surface area contributed by atoms with Gasteiger partial charge in [-0.15, -0.1) is 0 Å². The van der Waals surface area contributed by atoms with Crippen LogP contribution in [-0.2, 0) is 27.2 Å². The number of aryl methyl sites for hydroxylation is 2. The van der Waals surface area contributed by atoms with Crippen LogP contribution in [-0.4, -0.2) is 51.5 Å². The van der Waals surface area contributed by atoms with E-state index in [0.717, 1.165) is 53.7 Å². The minimum Gasteiger partial charge on any atom is -0.462 e. The van der Waals surface area contributed by atoms with Crippen LogP contribution in [0.2, 0.25) is 0 Å². The lowest BCUT2D eigenvalue weighted by Gasteiger charge is -2.21. The lowest BCUT2D eigenvalue weighted by atomic mass is 9.95. The summed E-state index contributed by atoms with van der Waals surface area (Å²) in [4.78, 5) is 32.2. The van der Waals surface area contributed by atoms with Crippen LogP contribution in [0.3, 0.4) is 0 Å². The van der Waals surface area contributed by atoms with Crippen molar-refractivity contribution in [3.05, 3.63) is 51.9 Å². The number of aliphatic hydroxyl groups is 1. The number of aromatic amines is 1. The molecular weight excluding hydrogens is 446 g/mol. The van der Waals surface area contributed by atoms with Gasteiger partial charge in [0.1, 0.15) is 11.9 Å². The number of aliphatic hydroxyl groups excluding tert-OH is 1. The number of hydrogen-bond donors (Lipinski definition) is 2. The van der Waals surface area contributed by atoms with Gasteiger partial charge < -0.3 is 24.1 Å². The van der Waals surface area contributed by atoms with Gasteiger partial charge in [0.25, 0.3) is 5.56 Å². The Morgan fingerprint density at radius 2 is 2.06 bits per heavy atom. The first-order chi connectivity index (χ1) is 16.9. The van der Waals surface area contributed by atoms with Gasteiger partial charge in [0.15, 0.2) is 0 Å². The molecule has 2 heterocycles. The van der Waals surface area contributed by atoms with Crippen molar-refractivity contribution in [1.29, 1.82) is 0 Å². The second-order valence-corrected chi connectivity index (χ2v) is 9.53. The highest BCUT2D eigenvalue weighted by Gasteiger charge is 2.28. The Kier molecular flexibility index (Phi) is 8.03. The van der Waals surface area contributed by atoms with E-state index < -0.39 is 12.0 Å². The maximum Gasteiger partial charge on any atom is 0.311 e. The number of aromatic nitrogens is 3. The van der Waals surface area contributed by atoms with E-state index in [1.165, 1.54) is 0 Å². The molecule has 0 amide bonds. The van der Waals surface area contributed by atoms with Crippen LogP contribution >= 0.6 is 0 Å². The van der Waals surface area contributed by atoms with Crippen LogP contribution in [0.25, 0.3) is 22.4 Å². The fraction of sp³-hybridized carbons (Fsp3) is 0.519. The van der Waals surface area contributed by atoms with Crippen molar-refractivity contribution in [2.75, 3.05) is 13.7 Å². The molecule has 4 rings (SSSR count). The maximum atomic E-state index is 12.7. The lowest BCUT2D eigenvalue weighted by molar-refractivity contribution is -0.157. The first-order valence-corrected chi connectivity index (χ1v) is 12.4. The number of fused-ring (bicyclic) bond motifs is 1. The third-order valence-electron chi connectivity index (χ3n) is 6.89. The molecule has 8 heteroatoms. The van der Waals surface area contributed by atoms with Crippen molar-refractivity contribution in [2.24, 2.45) is 5.92 Å². The van der Waals surface area contributed by atoms with Crippen molar-refractivity contribution < 1.29 is 19.4 Å². The lowest BCUT2D eigenvalue weighted by Crippen LogP contribution is -2.30. The van der Waals surface area contributed by atoms with Gasteiger partial charge in [-0.25, -0.2) is 4.98 Å². The Balaban J connectivity index is 1.56. The molecule has 1 aliphatic rings. The Morgan fingerprint density at radius 1 is 1.29 bits per heavy atom. The van der Waals surface area contributed by atoms with E-state index in [0.29, 0.717) is 31.6 Å². The minimum absolute atomic E-state index is 0.00820. The molecule has 2 N–H and O–H groups in total. The quantitative estimate of drug-likeness (QED) is 0.427. The largest absolute Gasteiger partial charge is 0.462 e. The van der Waals surface area contributed by atoms with Crippen molar-refractivity contribution >= 4 is 17.0 Å². The number of nitrogens with zero attached hydrogens (tertiary/aromatic N) is 2. The van der Waals surface area contributed by atoms with Crippen molar-refractivity contribution in [1.82, 2.24) is 14.5 Å². The molecule has 0 radical (unpaired) electrons. The molecule has 0 spiro atoms. The first-order valence-electron chi connectivity index (χ1n) is 12.4. The van der Waals surface area contributed by atoms with Gasteiger partial charge in [-0.2, -0.15) is 0 Å². The van der Waals surface area contributed by atoms with Crippen LogP contribution < -0.4 is 5.56 Å². The Morgan fingerprint density at radius 3 is 2.74 bits per heavy atom. The molecule has 1 aliphatic carbocycles. The number of esters is 1. The Bertz CT molecular complexity index is 1220. The molecule has 2 aromatic heterocycles. The molecule has 1 unspecified atom stereocenters. The number of nitrogens with one attached hydrogen (secondary N) is 1. The van der Waals surface area contributed by atoms with Crippen molar-refractivity contribution in [3.63, 3.8) is 0 Å². The molecule has 1 aromatic carbocycles. The zero-order chi connectivity index (χ0) is 24.9. The first kappa shape index (κ1) is 25.1. The van der Waals surface area contributed by atoms with E-state index in [2.05, 4.69) is 9.55 Å². The van der Waals surface area contributed by atoms with E-state index in [1.54, 1.807) is 27.2 Å². The average Bonchev–Trinajstić information content (AvgIpc) is 3.46. The highest BCUT2D eigenvalue weighted by molar-refractivity contribution is 5.81. The fourth-order valence-corrected chi connectivity index (χ4v) is 4.82. The van der Waals surface area contributed by atoms with Crippen molar-refractivity contribution in [3.8, 4) is 11.4 Å². The average molecular weight is 482 g/mol. The summed E-state index contributed by atoms with van der Waals surface area (Å²) < 4.78 is 13.1. The van der Waals surface area contributed by atoms with Gasteiger partial charge in [-0.05, 0) is 76.1 Å². The number of carbonyl (C=O) groups excluding carboxylic acids is 1. The molecule has 0 aliphatic heterocycles. The topological polar surface area (TPSA) is 106 Å². The number of rotatable bonds is 10. The van der Waals surface area contributed by atoms with Gasteiger partial charge in [0.05, 0.1) is 29.7 Å². The van der Waals surface area contributed by atoms with Crippen molar-refractivity contribution in [2.45, 2.75) is 71.1 Å². The minimum atomic E-state index is -0.768. The molecular formula is C27H35N3O5.